The van der Waals surface area contributed by atoms with Gasteiger partial charge in [0, 0.05) is 43.1 Å². The van der Waals surface area contributed by atoms with Crippen LogP contribution >= 0.6 is 0 Å². The minimum atomic E-state index is 0.0161. The molecule has 0 saturated carbocycles. The van der Waals surface area contributed by atoms with Crippen LogP contribution < -0.4 is 5.56 Å². The molecule has 4 aromatic heterocycles. The summed E-state index contributed by atoms with van der Waals surface area (Å²) in [7, 11) is 0. The van der Waals surface area contributed by atoms with E-state index in [4.69, 9.17) is 4.42 Å². The number of para-hydroxylation sites is 3. The van der Waals surface area contributed by atoms with Gasteiger partial charge < -0.3 is 8.98 Å². The molecule has 0 fully saturated rings. The Labute approximate surface area is 302 Å². The quantitative estimate of drug-likeness (QED) is 0.175. The molecule has 53 heavy (non-hydrogen) atoms. The van der Waals surface area contributed by atoms with Gasteiger partial charge >= 0.3 is 0 Å². The second kappa shape index (κ2) is 10.4. The number of nitrogens with zero attached hydrogens (tertiary/aromatic N) is 2. The summed E-state index contributed by atoms with van der Waals surface area (Å²) in [5, 5.41) is 9.40. The Kier molecular flexibility index (Phi) is 5.62. The fraction of sp³-hybridized carbons (Fsp3) is 0. The van der Waals surface area contributed by atoms with Crippen LogP contribution in [-0.4, -0.2) is 8.97 Å². The number of hydrogen-bond acceptors (Lipinski definition) is 2. The summed E-state index contributed by atoms with van der Waals surface area (Å²) in [6.45, 7) is 0. The van der Waals surface area contributed by atoms with E-state index in [-0.39, 0.29) is 5.56 Å². The molecule has 8 aromatic carbocycles. The molecule has 0 atom stereocenters. The summed E-state index contributed by atoms with van der Waals surface area (Å²) < 4.78 is 11.1. The summed E-state index contributed by atoms with van der Waals surface area (Å²) in [4.78, 5) is 14.0. The highest BCUT2D eigenvalue weighted by Gasteiger charge is 2.22. The molecule has 0 radical (unpaired) electrons. The lowest BCUT2D eigenvalue weighted by atomic mass is 9.96. The fourth-order valence-electron chi connectivity index (χ4n) is 8.89. The van der Waals surface area contributed by atoms with Gasteiger partial charge in [-0.15, -0.1) is 0 Å². The van der Waals surface area contributed by atoms with Crippen molar-refractivity contribution in [3.63, 3.8) is 0 Å². The van der Waals surface area contributed by atoms with Gasteiger partial charge in [-0.05, 0) is 88.3 Å². The van der Waals surface area contributed by atoms with Gasteiger partial charge in [-0.2, -0.15) is 0 Å². The third-order valence-electron chi connectivity index (χ3n) is 11.2. The number of aromatic nitrogens is 2. The standard InChI is InChI=1S/C49H28N2O2/c52-49-37-18-5-4-14-33(37)39-25-31(26-40-35-16-7-10-20-43(35)51(49)47(39)40)32-27-41-36-17-8-11-21-46(36)53-48(41)45(28-32)50-42-19-9-6-15-34(42)38-24-30(22-23-44(38)50)29-12-2-1-3-13-29/h1-28H. The molecule has 0 saturated heterocycles. The zero-order chi connectivity index (χ0) is 34.8. The molecule has 12 rings (SSSR count). The highest BCUT2D eigenvalue weighted by Crippen LogP contribution is 2.43. The smallest absolute Gasteiger partial charge is 0.263 e. The Morgan fingerprint density at radius 2 is 0.943 bits per heavy atom. The summed E-state index contributed by atoms with van der Waals surface area (Å²) >= 11 is 0. The summed E-state index contributed by atoms with van der Waals surface area (Å²) in [6, 6.07) is 59.7. The predicted octanol–water partition coefficient (Wildman–Crippen LogP) is 12.5. The van der Waals surface area contributed by atoms with E-state index >= 15 is 0 Å². The Morgan fingerprint density at radius 1 is 0.377 bits per heavy atom. The minimum absolute atomic E-state index is 0.0161. The Bertz CT molecular complexity index is 3530. The van der Waals surface area contributed by atoms with Crippen LogP contribution in [0.15, 0.2) is 179 Å². The topological polar surface area (TPSA) is 39.5 Å². The van der Waals surface area contributed by atoms with Crippen LogP contribution in [-0.2, 0) is 0 Å². The molecule has 4 heterocycles. The van der Waals surface area contributed by atoms with Crippen molar-refractivity contribution in [2.24, 2.45) is 0 Å². The third kappa shape index (κ3) is 3.87. The Morgan fingerprint density at radius 3 is 1.75 bits per heavy atom. The fourth-order valence-corrected chi connectivity index (χ4v) is 8.89. The van der Waals surface area contributed by atoms with Crippen LogP contribution in [0.1, 0.15) is 0 Å². The first-order valence-corrected chi connectivity index (χ1v) is 18.0. The third-order valence-corrected chi connectivity index (χ3v) is 11.2. The van der Waals surface area contributed by atoms with Gasteiger partial charge in [0.1, 0.15) is 5.58 Å². The second-order valence-electron chi connectivity index (χ2n) is 14.0. The van der Waals surface area contributed by atoms with Gasteiger partial charge in [-0.25, -0.2) is 0 Å². The molecule has 4 nitrogen and oxygen atoms in total. The minimum Gasteiger partial charge on any atom is -0.454 e. The number of furan rings is 1. The van der Waals surface area contributed by atoms with Crippen molar-refractivity contribution in [3.05, 3.63) is 180 Å². The average Bonchev–Trinajstić information content (AvgIpc) is 3.88. The van der Waals surface area contributed by atoms with Crippen LogP contribution in [0.4, 0.5) is 0 Å². The highest BCUT2D eigenvalue weighted by molar-refractivity contribution is 6.22. The van der Waals surface area contributed by atoms with Crippen molar-refractivity contribution in [2.75, 3.05) is 0 Å². The first-order chi connectivity index (χ1) is 26.2. The number of hydrogen-bond donors (Lipinski definition) is 0. The van der Waals surface area contributed by atoms with Gasteiger partial charge in [-0.1, -0.05) is 109 Å². The normalized spacial score (nSPS) is 12.2. The van der Waals surface area contributed by atoms with Crippen molar-refractivity contribution in [2.45, 2.75) is 0 Å². The van der Waals surface area contributed by atoms with Crippen LogP contribution in [0, 0.1) is 0 Å². The molecule has 0 amide bonds. The molecule has 0 bridgehead atoms. The van der Waals surface area contributed by atoms with Crippen molar-refractivity contribution in [1.82, 2.24) is 8.97 Å². The van der Waals surface area contributed by atoms with E-state index in [2.05, 4.69) is 144 Å². The molecule has 4 heteroatoms. The van der Waals surface area contributed by atoms with E-state index in [0.717, 1.165) is 87.8 Å². The SMILES string of the molecule is O=c1c2ccccc2c2cc(-c3cc(-n4c5ccccc5c5cc(-c6ccccc6)ccc54)c4oc5ccccc5c4c3)cc3c4ccccc4n1c23. The number of benzene rings is 8. The molecule has 0 spiro atoms. The van der Waals surface area contributed by atoms with Crippen molar-refractivity contribution in [1.29, 1.82) is 0 Å². The maximum atomic E-state index is 14.0. The van der Waals surface area contributed by atoms with Gasteiger partial charge in [-0.3, -0.25) is 9.20 Å². The van der Waals surface area contributed by atoms with Gasteiger partial charge in [0.2, 0.25) is 0 Å². The van der Waals surface area contributed by atoms with E-state index in [1.165, 1.54) is 21.9 Å². The first kappa shape index (κ1) is 28.5. The molecule has 0 aliphatic heterocycles. The molecule has 246 valence electrons. The average molecular weight is 677 g/mol. The number of rotatable bonds is 3. The van der Waals surface area contributed by atoms with Crippen LogP contribution in [0.3, 0.4) is 0 Å². The lowest BCUT2D eigenvalue weighted by molar-refractivity contribution is 0.666. The van der Waals surface area contributed by atoms with Crippen molar-refractivity contribution < 1.29 is 4.42 Å². The van der Waals surface area contributed by atoms with Crippen LogP contribution in [0.2, 0.25) is 0 Å². The number of fused-ring (bicyclic) bond motifs is 11. The molecule has 0 aliphatic rings. The van der Waals surface area contributed by atoms with Crippen molar-refractivity contribution >= 4 is 81.7 Å². The molecule has 0 aliphatic carbocycles. The largest absolute Gasteiger partial charge is 0.454 e. The Hall–Kier alpha value is -7.17. The second-order valence-corrected chi connectivity index (χ2v) is 14.0. The summed E-state index contributed by atoms with van der Waals surface area (Å²) in [5.74, 6) is 0. The zero-order valence-electron chi connectivity index (χ0n) is 28.4. The van der Waals surface area contributed by atoms with Crippen LogP contribution in [0.25, 0.3) is 110 Å². The van der Waals surface area contributed by atoms with Crippen LogP contribution in [0.5, 0.6) is 0 Å². The van der Waals surface area contributed by atoms with Gasteiger partial charge in [0.25, 0.3) is 5.56 Å². The molecule has 0 N–H and O–H groups in total. The highest BCUT2D eigenvalue weighted by atomic mass is 16.3. The first-order valence-electron chi connectivity index (χ1n) is 18.0. The summed E-state index contributed by atoms with van der Waals surface area (Å²) in [5.41, 5.74) is 11.4. The van der Waals surface area contributed by atoms with Gasteiger partial charge in [0.05, 0.1) is 27.8 Å². The molecular weight excluding hydrogens is 649 g/mol. The van der Waals surface area contributed by atoms with Gasteiger partial charge in [0.15, 0.2) is 5.58 Å². The van der Waals surface area contributed by atoms with E-state index in [1.54, 1.807) is 0 Å². The summed E-state index contributed by atoms with van der Waals surface area (Å²) in [6.07, 6.45) is 0. The molecule has 0 unspecified atom stereocenters. The Balaban J connectivity index is 1.21. The predicted molar refractivity (Wildman–Crippen MR) is 220 cm³/mol. The van der Waals surface area contributed by atoms with E-state index in [9.17, 15) is 4.79 Å². The zero-order valence-corrected chi connectivity index (χ0v) is 28.4. The number of pyridine rings is 1. The monoisotopic (exact) mass is 676 g/mol. The van der Waals surface area contributed by atoms with Crippen molar-refractivity contribution in [3.8, 4) is 27.9 Å². The maximum absolute atomic E-state index is 14.0. The molecular formula is C49H28N2O2. The lowest BCUT2D eigenvalue weighted by Crippen LogP contribution is -2.12. The van der Waals surface area contributed by atoms with E-state index in [0.29, 0.717) is 0 Å². The van der Waals surface area contributed by atoms with E-state index in [1.807, 2.05) is 34.7 Å². The maximum Gasteiger partial charge on any atom is 0.263 e. The lowest BCUT2D eigenvalue weighted by Gasteiger charge is -2.13. The molecule has 12 aromatic rings. The van der Waals surface area contributed by atoms with E-state index < -0.39 is 0 Å².